The molecule has 0 N–H and O–H groups in total. The van der Waals surface area contributed by atoms with Crippen molar-refractivity contribution in [3.05, 3.63) is 0 Å². The molecule has 5 aliphatic heterocycles. The highest BCUT2D eigenvalue weighted by Crippen LogP contribution is 2.40. The number of ether oxygens (including phenoxy) is 5. The van der Waals surface area contributed by atoms with E-state index in [0.717, 1.165) is 84.9 Å². The highest BCUT2D eigenvalue weighted by Gasteiger charge is 2.49. The molecule has 0 aromatic carbocycles. The molecule has 33 heavy (non-hydrogen) atoms. The molecule has 0 amide bonds. The molecule has 1 saturated carbocycles. The normalized spacial score (nSPS) is 44.7. The van der Waals surface area contributed by atoms with Crippen LogP contribution in [0.4, 0.5) is 0 Å². The predicted octanol–water partition coefficient (Wildman–Crippen LogP) is 1.33. The Morgan fingerprint density at radius 3 is 2.58 bits per heavy atom. The van der Waals surface area contributed by atoms with E-state index in [2.05, 4.69) is 28.7 Å². The summed E-state index contributed by atoms with van der Waals surface area (Å²) in [6.07, 6.45) is 7.20. The van der Waals surface area contributed by atoms with Gasteiger partial charge in [0.15, 0.2) is 5.79 Å². The molecule has 0 aromatic heterocycles. The largest absolute Gasteiger partial charge is 0.374 e. The zero-order valence-electron chi connectivity index (χ0n) is 20.6. The van der Waals surface area contributed by atoms with Crippen LogP contribution < -0.4 is 0 Å². The average Bonchev–Trinajstić information content (AvgIpc) is 3.32. The summed E-state index contributed by atoms with van der Waals surface area (Å²) in [5, 5.41) is 0. The molecule has 0 radical (unpaired) electrons. The minimum absolute atomic E-state index is 0.108. The van der Waals surface area contributed by atoms with Gasteiger partial charge in [-0.25, -0.2) is 0 Å². The monoisotopic (exact) mass is 465 g/mol. The van der Waals surface area contributed by atoms with Crippen LogP contribution in [0, 0.1) is 0 Å². The van der Waals surface area contributed by atoms with Crippen LogP contribution in [0.5, 0.6) is 0 Å². The molecule has 6 fully saturated rings. The smallest absolute Gasteiger partial charge is 0.181 e. The Bertz CT molecular complexity index is 708. The molecular weight excluding hydrogens is 422 g/mol. The number of morpholine rings is 2. The first-order valence-corrected chi connectivity index (χ1v) is 13.3. The Labute approximate surface area is 198 Å². The zero-order chi connectivity index (χ0) is 22.5. The molecule has 0 aromatic rings. The van der Waals surface area contributed by atoms with Gasteiger partial charge in [-0.15, -0.1) is 0 Å². The fourth-order valence-corrected chi connectivity index (χ4v) is 6.95. The zero-order valence-corrected chi connectivity index (χ0v) is 20.6. The van der Waals surface area contributed by atoms with Gasteiger partial charge >= 0.3 is 0 Å². The maximum atomic E-state index is 6.66. The quantitative estimate of drug-likeness (QED) is 0.617. The molecule has 6 rings (SSSR count). The number of piperidine rings is 1. The minimum Gasteiger partial charge on any atom is -0.374 e. The lowest BCUT2D eigenvalue weighted by molar-refractivity contribution is -0.207. The van der Waals surface area contributed by atoms with Crippen molar-refractivity contribution in [1.82, 2.24) is 14.7 Å². The summed E-state index contributed by atoms with van der Waals surface area (Å²) in [4.78, 5) is 7.46. The molecule has 5 saturated heterocycles. The molecule has 6 aliphatic rings. The summed E-state index contributed by atoms with van der Waals surface area (Å²) >= 11 is 0. The van der Waals surface area contributed by atoms with Gasteiger partial charge in [0.25, 0.3) is 0 Å². The lowest BCUT2D eigenvalue weighted by Crippen LogP contribution is -2.60. The van der Waals surface area contributed by atoms with Gasteiger partial charge in [0.2, 0.25) is 0 Å². The molecule has 8 heteroatoms. The second-order valence-corrected chi connectivity index (χ2v) is 11.8. The number of hydrogen-bond donors (Lipinski definition) is 0. The molecule has 5 heterocycles. The highest BCUT2D eigenvalue weighted by atomic mass is 16.7. The lowest BCUT2D eigenvalue weighted by atomic mass is 9.78. The van der Waals surface area contributed by atoms with Crippen LogP contribution in [-0.2, 0) is 23.7 Å². The van der Waals surface area contributed by atoms with Crippen LogP contribution in [-0.4, -0.2) is 129 Å². The van der Waals surface area contributed by atoms with Crippen molar-refractivity contribution in [3.8, 4) is 0 Å². The second-order valence-electron chi connectivity index (χ2n) is 11.8. The molecule has 5 atom stereocenters. The van der Waals surface area contributed by atoms with Gasteiger partial charge in [-0.05, 0) is 46.2 Å². The third-order valence-electron chi connectivity index (χ3n) is 8.94. The number of nitrogens with zero attached hydrogens (tertiary/aromatic N) is 3. The summed E-state index contributed by atoms with van der Waals surface area (Å²) in [6.45, 7) is 12.2. The van der Waals surface area contributed by atoms with E-state index in [1.165, 1.54) is 19.3 Å². The number of hydrogen-bond acceptors (Lipinski definition) is 8. The fourth-order valence-electron chi connectivity index (χ4n) is 6.95. The van der Waals surface area contributed by atoms with Gasteiger partial charge in [-0.1, -0.05) is 0 Å². The van der Waals surface area contributed by atoms with Crippen molar-refractivity contribution in [3.63, 3.8) is 0 Å². The van der Waals surface area contributed by atoms with Crippen molar-refractivity contribution in [2.75, 3.05) is 79.3 Å². The minimum atomic E-state index is -0.440. The molecule has 3 spiro atoms. The van der Waals surface area contributed by atoms with Crippen molar-refractivity contribution < 1.29 is 23.7 Å². The van der Waals surface area contributed by atoms with E-state index >= 15 is 0 Å². The van der Waals surface area contributed by atoms with Crippen molar-refractivity contribution >= 4 is 0 Å². The summed E-state index contributed by atoms with van der Waals surface area (Å²) in [6, 6.07) is 0.451. The van der Waals surface area contributed by atoms with Gasteiger partial charge in [0, 0.05) is 51.6 Å². The van der Waals surface area contributed by atoms with Gasteiger partial charge in [-0.3, -0.25) is 9.80 Å². The fraction of sp³-hybridized carbons (Fsp3) is 1.00. The molecule has 1 aliphatic carbocycles. The first-order valence-electron chi connectivity index (χ1n) is 13.3. The van der Waals surface area contributed by atoms with Crippen LogP contribution >= 0.6 is 0 Å². The van der Waals surface area contributed by atoms with E-state index in [1.54, 1.807) is 0 Å². The van der Waals surface area contributed by atoms with E-state index in [-0.39, 0.29) is 23.4 Å². The average molecular weight is 466 g/mol. The first kappa shape index (κ1) is 23.1. The molecular formula is C25H43N3O5. The SMILES string of the molecule is CC1COC2(CCC2)CN1CC1COC2(CCCN(CC3CC4(CO3)CN(C)CCO4)C2)O1. The topological polar surface area (TPSA) is 55.9 Å². The van der Waals surface area contributed by atoms with Gasteiger partial charge < -0.3 is 28.6 Å². The Hall–Kier alpha value is -0.320. The molecule has 8 nitrogen and oxygen atoms in total. The summed E-state index contributed by atoms with van der Waals surface area (Å²) in [7, 11) is 2.18. The van der Waals surface area contributed by atoms with E-state index in [0.29, 0.717) is 12.6 Å². The van der Waals surface area contributed by atoms with Gasteiger partial charge in [0.05, 0.1) is 50.8 Å². The van der Waals surface area contributed by atoms with E-state index in [9.17, 15) is 0 Å². The number of rotatable bonds is 4. The highest BCUT2D eigenvalue weighted by molar-refractivity contribution is 4.99. The van der Waals surface area contributed by atoms with Gasteiger partial charge in [0.1, 0.15) is 5.60 Å². The summed E-state index contributed by atoms with van der Waals surface area (Å²) in [5.74, 6) is -0.440. The molecule has 0 bridgehead atoms. The van der Waals surface area contributed by atoms with Crippen LogP contribution in [0.3, 0.4) is 0 Å². The third kappa shape index (κ3) is 4.75. The van der Waals surface area contributed by atoms with Crippen LogP contribution in [0.1, 0.15) is 45.4 Å². The van der Waals surface area contributed by atoms with Crippen LogP contribution in [0.15, 0.2) is 0 Å². The summed E-state index contributed by atoms with van der Waals surface area (Å²) in [5.41, 5.74) is 0.0179. The number of likely N-dealkylation sites (N-methyl/N-ethyl adjacent to an activating group) is 1. The molecule has 5 unspecified atom stereocenters. The standard InChI is InChI=1S/C25H43N3O5/c1-20-14-31-23(5-3-6-23)17-28(20)13-22-15-32-25(33-22)7-4-8-27(18-25)12-21-11-24(19-29-21)16-26(2)9-10-30-24/h20-22H,3-19H2,1-2H3. The Balaban J connectivity index is 1.01. The van der Waals surface area contributed by atoms with E-state index in [1.807, 2.05) is 0 Å². The van der Waals surface area contributed by atoms with E-state index < -0.39 is 5.79 Å². The van der Waals surface area contributed by atoms with Crippen molar-refractivity contribution in [2.45, 2.75) is 80.7 Å². The second kappa shape index (κ2) is 8.96. The Morgan fingerprint density at radius 1 is 0.848 bits per heavy atom. The Morgan fingerprint density at radius 2 is 1.76 bits per heavy atom. The van der Waals surface area contributed by atoms with Crippen LogP contribution in [0.25, 0.3) is 0 Å². The Kier molecular flexibility index (Phi) is 6.27. The van der Waals surface area contributed by atoms with Crippen molar-refractivity contribution in [2.24, 2.45) is 0 Å². The lowest BCUT2D eigenvalue weighted by Gasteiger charge is -2.51. The van der Waals surface area contributed by atoms with E-state index in [4.69, 9.17) is 23.7 Å². The maximum absolute atomic E-state index is 6.66. The third-order valence-corrected chi connectivity index (χ3v) is 8.94. The summed E-state index contributed by atoms with van der Waals surface area (Å²) < 4.78 is 31.7. The predicted molar refractivity (Wildman–Crippen MR) is 123 cm³/mol. The van der Waals surface area contributed by atoms with Crippen molar-refractivity contribution in [1.29, 1.82) is 0 Å². The first-order chi connectivity index (χ1) is 15.9. The van der Waals surface area contributed by atoms with Crippen LogP contribution in [0.2, 0.25) is 0 Å². The number of likely N-dealkylation sites (tertiary alicyclic amines) is 1. The maximum Gasteiger partial charge on any atom is 0.181 e. The molecule has 188 valence electrons. The van der Waals surface area contributed by atoms with Gasteiger partial charge in [-0.2, -0.15) is 0 Å².